The van der Waals surface area contributed by atoms with Crippen LogP contribution in [0.15, 0.2) is 39.4 Å². The van der Waals surface area contributed by atoms with Crippen molar-refractivity contribution in [3.63, 3.8) is 0 Å². The van der Waals surface area contributed by atoms with Crippen LogP contribution in [0.4, 0.5) is 24.7 Å². The maximum Gasteiger partial charge on any atom is 0.416 e. The number of benzene rings is 2. The Labute approximate surface area is 289 Å². The molecule has 0 radical (unpaired) electrons. The van der Waals surface area contributed by atoms with Crippen LogP contribution in [-0.2, 0) is 26.4 Å². The van der Waals surface area contributed by atoms with Crippen LogP contribution in [0.2, 0.25) is 10.0 Å². The summed E-state index contributed by atoms with van der Waals surface area (Å²) in [6.07, 6.45) is 2.09. The summed E-state index contributed by atoms with van der Waals surface area (Å²) in [4.78, 5) is 37.7. The van der Waals surface area contributed by atoms with Crippen LogP contribution in [0.25, 0.3) is 5.69 Å². The van der Waals surface area contributed by atoms with Gasteiger partial charge in [-0.2, -0.15) is 23.5 Å². The summed E-state index contributed by atoms with van der Waals surface area (Å²) in [6.45, 7) is -0.479. The summed E-state index contributed by atoms with van der Waals surface area (Å²) < 4.78 is 49.6. The average molecular weight is 863 g/mol. The molecule has 254 valence electrons. The molecule has 1 aromatic heterocycles. The first-order chi connectivity index (χ1) is 20.9. The molecule has 3 rings (SSSR count). The van der Waals surface area contributed by atoms with E-state index in [0.717, 1.165) is 10.9 Å². The number of nitrogen functional groups attached to an aromatic ring is 1. The summed E-state index contributed by atoms with van der Waals surface area (Å²) in [5.41, 5.74) is 4.28. The van der Waals surface area contributed by atoms with Crippen molar-refractivity contribution in [2.75, 3.05) is 37.3 Å². The standard InChI is InChI=1S/C10H5Cl2F3N4O2.C7H3Br2NO.C3H8NO5P.C3H9S/c11-5-1-4(10(13,14)15)2-6(12)8(5)18-9(16)7(3-17-18)19(20)21;8-5-1-4(3-10)2-6(9)7(5)11;5-3(6)1-4-2-10(7,8)9;1-4(2)3/h1-3H,16H2;1-2,11H;4H,1-2H2,(H,5,6)(H2,7,8,9);1-3H3/q;;;+1/p-1. The van der Waals surface area contributed by atoms with Gasteiger partial charge in [-0.05, 0) is 67.0 Å². The first kappa shape index (κ1) is 43.4. The van der Waals surface area contributed by atoms with E-state index in [9.17, 15) is 42.6 Å². The van der Waals surface area contributed by atoms with Crippen molar-refractivity contribution in [3.8, 4) is 17.5 Å². The molecule has 0 saturated heterocycles. The van der Waals surface area contributed by atoms with Gasteiger partial charge >= 0.3 is 17.8 Å². The molecule has 46 heavy (non-hydrogen) atoms. The first-order valence-corrected chi connectivity index (χ1v) is 18.0. The predicted molar refractivity (Wildman–Crippen MR) is 173 cm³/mol. The Morgan fingerprint density at radius 1 is 1.22 bits per heavy atom. The lowest BCUT2D eigenvalue weighted by atomic mass is 10.2. The summed E-state index contributed by atoms with van der Waals surface area (Å²) in [5.74, 6) is -1.46. The highest BCUT2D eigenvalue weighted by Gasteiger charge is 2.33. The molecule has 0 spiro atoms. The van der Waals surface area contributed by atoms with Crippen molar-refractivity contribution in [2.45, 2.75) is 6.18 Å². The number of nitrogens with one attached hydrogen (secondary N) is 1. The van der Waals surface area contributed by atoms with E-state index in [-0.39, 0.29) is 21.5 Å². The second-order valence-corrected chi connectivity index (χ2v) is 15.2. The van der Waals surface area contributed by atoms with Gasteiger partial charge in [0.1, 0.15) is 25.2 Å². The molecule has 3 aromatic rings. The highest BCUT2D eigenvalue weighted by Crippen LogP contribution is 2.39. The Balaban J connectivity index is 0.000000682. The number of alkyl halides is 3. The maximum absolute atomic E-state index is 12.6. The number of nitrogens with two attached hydrogens (primary N) is 1. The van der Waals surface area contributed by atoms with Gasteiger partial charge in [0, 0.05) is 0 Å². The zero-order valence-corrected chi connectivity index (χ0v) is 29.9. The van der Waals surface area contributed by atoms with Crippen LogP contribution in [0, 0.1) is 21.4 Å². The lowest BCUT2D eigenvalue weighted by Crippen LogP contribution is -2.25. The third kappa shape index (κ3) is 15.8. The van der Waals surface area contributed by atoms with Crippen LogP contribution in [0.3, 0.4) is 0 Å². The molecular weight excluding hydrogens is 839 g/mol. The lowest BCUT2D eigenvalue weighted by molar-refractivity contribution is -0.383. The van der Waals surface area contributed by atoms with E-state index in [1.165, 1.54) is 0 Å². The van der Waals surface area contributed by atoms with E-state index in [0.29, 0.717) is 37.5 Å². The van der Waals surface area contributed by atoms with E-state index in [1.54, 1.807) is 12.1 Å². The summed E-state index contributed by atoms with van der Waals surface area (Å²) in [6, 6.07) is 6.35. The molecular formula is C23H24Br2Cl2F3N6O8PS. The number of aliphatic carboxylic acids is 1. The minimum Gasteiger partial charge on any atom is -0.778 e. The van der Waals surface area contributed by atoms with Crippen LogP contribution < -0.4 is 15.9 Å². The van der Waals surface area contributed by atoms with E-state index in [2.05, 4.69) is 55.7 Å². The minimum atomic E-state index is -4.63. The SMILES string of the molecule is C[S+](C)C.N#Cc1cc(Br)c(O)c(Br)c1.Nc1c([N+](=O)[O-])cnn1-c1c(Cl)cc(C(F)(F)F)cc1Cl.O=C(O)CNCP(=O)([O-])O. The van der Waals surface area contributed by atoms with E-state index >= 15 is 0 Å². The highest BCUT2D eigenvalue weighted by molar-refractivity contribution is 9.11. The number of hydrogen-bond acceptors (Lipinski definition) is 10. The van der Waals surface area contributed by atoms with E-state index in [1.807, 2.05) is 11.4 Å². The van der Waals surface area contributed by atoms with Gasteiger partial charge < -0.3 is 30.3 Å². The number of hydrogen-bond donors (Lipinski definition) is 5. The van der Waals surface area contributed by atoms with Crippen molar-refractivity contribution in [1.29, 1.82) is 5.26 Å². The molecule has 1 unspecified atom stereocenters. The number of nitrogens with zero attached hydrogens (tertiary/aromatic N) is 4. The van der Waals surface area contributed by atoms with Gasteiger partial charge in [-0.1, -0.05) is 23.2 Å². The van der Waals surface area contributed by atoms with Gasteiger partial charge in [0.25, 0.3) is 0 Å². The molecule has 2 aromatic carbocycles. The van der Waals surface area contributed by atoms with Gasteiger partial charge in [-0.15, -0.1) is 0 Å². The maximum atomic E-state index is 12.6. The lowest BCUT2D eigenvalue weighted by Gasteiger charge is -2.14. The van der Waals surface area contributed by atoms with Gasteiger partial charge in [0.05, 0.1) is 72.7 Å². The molecule has 6 N–H and O–H groups in total. The number of carboxylic acid groups (broad SMARTS) is 1. The quantitative estimate of drug-likeness (QED) is 0.0938. The van der Waals surface area contributed by atoms with Crippen molar-refractivity contribution in [2.24, 2.45) is 0 Å². The van der Waals surface area contributed by atoms with Gasteiger partial charge in [0.15, 0.2) is 0 Å². The number of carboxylic acids is 1. The van der Waals surface area contributed by atoms with E-state index in [4.69, 9.17) is 44.2 Å². The molecule has 0 aliphatic heterocycles. The van der Waals surface area contributed by atoms with Gasteiger partial charge in [0.2, 0.25) is 5.82 Å². The average Bonchev–Trinajstić information content (AvgIpc) is 3.26. The molecule has 0 fully saturated rings. The molecule has 23 heteroatoms. The Morgan fingerprint density at radius 3 is 2.00 bits per heavy atom. The fraction of sp³-hybridized carbons (Fsp3) is 0.261. The molecule has 0 saturated carbocycles. The zero-order valence-electron chi connectivity index (χ0n) is 23.6. The monoisotopic (exact) mass is 860 g/mol. The van der Waals surface area contributed by atoms with Crippen LogP contribution in [0.1, 0.15) is 11.1 Å². The van der Waals surface area contributed by atoms with Gasteiger partial charge in [-0.3, -0.25) is 20.2 Å². The largest absolute Gasteiger partial charge is 0.778 e. The Kier molecular flexibility index (Phi) is 18.2. The van der Waals surface area contributed by atoms with Gasteiger partial charge in [-0.25, -0.2) is 4.68 Å². The Morgan fingerprint density at radius 2 is 1.67 bits per heavy atom. The fourth-order valence-corrected chi connectivity index (χ4v) is 4.76. The summed E-state index contributed by atoms with van der Waals surface area (Å²) in [7, 11) is -3.71. The summed E-state index contributed by atoms with van der Waals surface area (Å²) in [5, 5.41) is 41.2. The van der Waals surface area contributed by atoms with Crippen molar-refractivity contribution in [3.05, 3.63) is 70.7 Å². The predicted octanol–water partition coefficient (Wildman–Crippen LogP) is 5.14. The third-order valence-electron chi connectivity index (χ3n) is 4.27. The molecule has 1 heterocycles. The van der Waals surface area contributed by atoms with Crippen molar-refractivity contribution < 1.29 is 47.5 Å². The number of aromatic nitrogens is 2. The van der Waals surface area contributed by atoms with E-state index < -0.39 is 54.6 Å². The first-order valence-electron chi connectivity index (χ1n) is 11.5. The van der Waals surface area contributed by atoms with Crippen molar-refractivity contribution in [1.82, 2.24) is 15.1 Å². The number of rotatable bonds is 6. The normalized spacial score (nSPS) is 11.8. The number of nitro groups is 1. The second kappa shape index (κ2) is 19.3. The fourth-order valence-electron chi connectivity index (χ4n) is 2.53. The molecule has 0 aliphatic carbocycles. The summed E-state index contributed by atoms with van der Waals surface area (Å²) >= 11 is 17.7. The van der Waals surface area contributed by atoms with Crippen LogP contribution in [0.5, 0.6) is 5.75 Å². The number of phenols is 1. The third-order valence-corrected chi connectivity index (χ3v) is 6.68. The molecule has 0 bridgehead atoms. The smallest absolute Gasteiger partial charge is 0.416 e. The molecule has 14 nitrogen and oxygen atoms in total. The minimum absolute atomic E-state index is 0.115. The van der Waals surface area contributed by atoms with Crippen molar-refractivity contribution >= 4 is 91.0 Å². The van der Waals surface area contributed by atoms with Crippen LogP contribution >= 0.6 is 62.7 Å². The second-order valence-electron chi connectivity index (χ2n) is 8.61. The molecule has 0 amide bonds. The molecule has 0 aliphatic rings. The highest BCUT2D eigenvalue weighted by atomic mass is 79.9. The molecule has 1 atom stereocenters. The van der Waals surface area contributed by atoms with Crippen LogP contribution in [-0.4, -0.2) is 67.4 Å². The zero-order chi connectivity index (χ0) is 36.2. The number of aromatic hydroxyl groups is 1. The Bertz CT molecular complexity index is 1570. The topological polar surface area (TPSA) is 241 Å². The number of halogens is 7. The Hall–Kier alpha value is -2.60. The number of phenolic OH excluding ortho intramolecular Hbond substituents is 1. The number of nitriles is 1. The number of anilines is 1. The number of carbonyl (C=O) groups is 1.